The Kier molecular flexibility index (Phi) is 2.08. The molecular formula is C5H11ClSi. The van der Waals surface area contributed by atoms with Crippen LogP contribution in [0.2, 0.25) is 19.6 Å². The Morgan fingerprint density at radius 1 is 1.43 bits per heavy atom. The van der Waals surface area contributed by atoms with Gasteiger partial charge in [-0.25, -0.2) is 0 Å². The van der Waals surface area contributed by atoms with Crippen molar-refractivity contribution >= 4 is 19.7 Å². The molecule has 0 aromatic carbocycles. The molecule has 0 aliphatic heterocycles. The SMILES string of the molecule is C=C(Cl)[Si](C)(C)C. The summed E-state index contributed by atoms with van der Waals surface area (Å²) in [6.07, 6.45) is 0. The van der Waals surface area contributed by atoms with Crippen LogP contribution in [-0.4, -0.2) is 8.07 Å². The molecule has 0 radical (unpaired) electrons. The maximum absolute atomic E-state index is 5.62. The van der Waals surface area contributed by atoms with Gasteiger partial charge in [0.1, 0.15) is 0 Å². The smallest absolute Gasteiger partial charge is 0.0914 e. The molecule has 0 amide bonds. The molecule has 0 aromatic heterocycles. The lowest BCUT2D eigenvalue weighted by Gasteiger charge is -2.11. The minimum atomic E-state index is -1.16. The molecule has 0 bridgehead atoms. The van der Waals surface area contributed by atoms with Crippen LogP contribution in [0, 0.1) is 0 Å². The van der Waals surface area contributed by atoms with E-state index < -0.39 is 8.07 Å². The fourth-order valence-corrected chi connectivity index (χ4v) is 0. The van der Waals surface area contributed by atoms with Crippen LogP contribution in [0.15, 0.2) is 11.2 Å². The van der Waals surface area contributed by atoms with Gasteiger partial charge >= 0.3 is 0 Å². The van der Waals surface area contributed by atoms with E-state index in [2.05, 4.69) is 26.2 Å². The van der Waals surface area contributed by atoms with E-state index in [-0.39, 0.29) is 0 Å². The molecule has 0 unspecified atom stereocenters. The normalized spacial score (nSPS) is 11.4. The van der Waals surface area contributed by atoms with Crippen molar-refractivity contribution in [1.29, 1.82) is 0 Å². The molecule has 0 aliphatic carbocycles. The van der Waals surface area contributed by atoms with Crippen molar-refractivity contribution in [1.82, 2.24) is 0 Å². The van der Waals surface area contributed by atoms with E-state index in [9.17, 15) is 0 Å². The summed E-state index contributed by atoms with van der Waals surface area (Å²) < 4.78 is 0.854. The minimum Gasteiger partial charge on any atom is -0.0949 e. The molecule has 0 aliphatic rings. The summed E-state index contributed by atoms with van der Waals surface area (Å²) >= 11 is 5.62. The molecule has 0 atom stereocenters. The van der Waals surface area contributed by atoms with Crippen molar-refractivity contribution in [2.45, 2.75) is 19.6 Å². The summed E-state index contributed by atoms with van der Waals surface area (Å²) in [5, 5.41) is 0. The van der Waals surface area contributed by atoms with E-state index in [1.54, 1.807) is 0 Å². The zero-order valence-electron chi connectivity index (χ0n) is 5.09. The molecule has 2 heteroatoms. The number of rotatable bonds is 1. The van der Waals surface area contributed by atoms with Gasteiger partial charge in [-0.3, -0.25) is 0 Å². The van der Waals surface area contributed by atoms with Crippen molar-refractivity contribution in [3.8, 4) is 0 Å². The third-order valence-corrected chi connectivity index (χ3v) is 4.14. The van der Waals surface area contributed by atoms with Gasteiger partial charge in [-0.1, -0.05) is 37.8 Å². The summed E-state index contributed by atoms with van der Waals surface area (Å²) in [5.74, 6) is 0. The Morgan fingerprint density at radius 2 is 1.57 bits per heavy atom. The molecule has 0 saturated carbocycles. The van der Waals surface area contributed by atoms with Crippen LogP contribution >= 0.6 is 11.6 Å². The molecule has 0 heterocycles. The van der Waals surface area contributed by atoms with E-state index in [4.69, 9.17) is 11.6 Å². The standard InChI is InChI=1S/C5H11ClSi/c1-5(6)7(2,3)4/h1H2,2-4H3. The zero-order chi connectivity index (χ0) is 6.08. The van der Waals surface area contributed by atoms with Gasteiger partial charge in [-0.05, 0) is 4.66 Å². The van der Waals surface area contributed by atoms with E-state index in [1.165, 1.54) is 0 Å². The summed E-state index contributed by atoms with van der Waals surface area (Å²) in [6, 6.07) is 0. The van der Waals surface area contributed by atoms with E-state index >= 15 is 0 Å². The van der Waals surface area contributed by atoms with Gasteiger partial charge in [0.2, 0.25) is 0 Å². The highest BCUT2D eigenvalue weighted by atomic mass is 35.5. The molecule has 0 fully saturated rings. The van der Waals surface area contributed by atoms with Crippen LogP contribution in [0.5, 0.6) is 0 Å². The fraction of sp³-hybridized carbons (Fsp3) is 0.600. The first-order valence-electron chi connectivity index (χ1n) is 2.29. The maximum Gasteiger partial charge on any atom is 0.0914 e. The highest BCUT2D eigenvalue weighted by Crippen LogP contribution is 2.14. The average Bonchev–Trinajstić information content (AvgIpc) is 1.31. The Hall–Kier alpha value is 0.247. The molecule has 0 rings (SSSR count). The van der Waals surface area contributed by atoms with Crippen molar-refractivity contribution < 1.29 is 0 Å². The Morgan fingerprint density at radius 3 is 1.57 bits per heavy atom. The Bertz CT molecular complexity index is 80.6. The van der Waals surface area contributed by atoms with Gasteiger partial charge in [0, 0.05) is 0 Å². The second-order valence-electron chi connectivity index (χ2n) is 2.65. The molecule has 0 aromatic rings. The second-order valence-corrected chi connectivity index (χ2v) is 8.53. The monoisotopic (exact) mass is 134 g/mol. The van der Waals surface area contributed by atoms with Gasteiger partial charge in [0.05, 0.1) is 8.07 Å². The van der Waals surface area contributed by atoms with Crippen LogP contribution < -0.4 is 0 Å². The average molecular weight is 135 g/mol. The fourth-order valence-electron chi connectivity index (χ4n) is 0. The summed E-state index contributed by atoms with van der Waals surface area (Å²) in [5.41, 5.74) is 0. The van der Waals surface area contributed by atoms with Crippen molar-refractivity contribution in [3.63, 3.8) is 0 Å². The van der Waals surface area contributed by atoms with Gasteiger partial charge in [-0.2, -0.15) is 0 Å². The second kappa shape index (κ2) is 2.01. The quantitative estimate of drug-likeness (QED) is 0.484. The molecule has 0 saturated heterocycles. The van der Waals surface area contributed by atoms with E-state index in [0.29, 0.717) is 0 Å². The lowest BCUT2D eigenvalue weighted by molar-refractivity contribution is 1.75. The van der Waals surface area contributed by atoms with E-state index in [1.807, 2.05) is 0 Å². The summed E-state index contributed by atoms with van der Waals surface area (Å²) in [4.78, 5) is 0. The first-order chi connectivity index (χ1) is 2.94. The topological polar surface area (TPSA) is 0 Å². The van der Waals surface area contributed by atoms with Gasteiger partial charge in [-0.15, -0.1) is 0 Å². The maximum atomic E-state index is 5.62. The summed E-state index contributed by atoms with van der Waals surface area (Å²) in [7, 11) is -1.16. The van der Waals surface area contributed by atoms with Crippen molar-refractivity contribution in [3.05, 3.63) is 11.2 Å². The third-order valence-electron chi connectivity index (χ3n) is 0.814. The Balaban J connectivity index is 3.79. The van der Waals surface area contributed by atoms with Gasteiger partial charge < -0.3 is 0 Å². The highest BCUT2D eigenvalue weighted by molar-refractivity contribution is 6.90. The molecular weight excluding hydrogens is 124 g/mol. The predicted octanol–water partition coefficient (Wildman–Crippen LogP) is 2.62. The van der Waals surface area contributed by atoms with Crippen LogP contribution in [0.4, 0.5) is 0 Å². The van der Waals surface area contributed by atoms with Crippen LogP contribution in [0.3, 0.4) is 0 Å². The molecule has 42 valence electrons. The first-order valence-corrected chi connectivity index (χ1v) is 6.17. The van der Waals surface area contributed by atoms with E-state index in [0.717, 1.165) is 4.66 Å². The van der Waals surface area contributed by atoms with Crippen molar-refractivity contribution in [2.24, 2.45) is 0 Å². The largest absolute Gasteiger partial charge is 0.0949 e. The number of hydrogen-bond acceptors (Lipinski definition) is 0. The van der Waals surface area contributed by atoms with Crippen LogP contribution in [0.1, 0.15) is 0 Å². The van der Waals surface area contributed by atoms with Gasteiger partial charge in [0.25, 0.3) is 0 Å². The summed E-state index contributed by atoms with van der Waals surface area (Å²) in [6.45, 7) is 10.2. The van der Waals surface area contributed by atoms with Crippen molar-refractivity contribution in [2.75, 3.05) is 0 Å². The van der Waals surface area contributed by atoms with Gasteiger partial charge in [0.15, 0.2) is 0 Å². The highest BCUT2D eigenvalue weighted by Gasteiger charge is 2.14. The lowest BCUT2D eigenvalue weighted by atomic mass is 11.2. The van der Waals surface area contributed by atoms with Crippen LogP contribution in [-0.2, 0) is 0 Å². The zero-order valence-corrected chi connectivity index (χ0v) is 6.84. The number of halogens is 1. The predicted molar refractivity (Wildman–Crippen MR) is 38.3 cm³/mol. The van der Waals surface area contributed by atoms with Crippen LogP contribution in [0.25, 0.3) is 0 Å². The molecule has 0 spiro atoms. The minimum absolute atomic E-state index is 0.854. The molecule has 7 heavy (non-hydrogen) atoms. The first kappa shape index (κ1) is 7.25. The molecule has 0 nitrogen and oxygen atoms in total. The lowest BCUT2D eigenvalue weighted by Crippen LogP contribution is -2.19. The Labute approximate surface area is 51.2 Å². The third kappa shape index (κ3) is 2.89. The number of hydrogen-bond donors (Lipinski definition) is 0. The molecule has 0 N–H and O–H groups in total.